The van der Waals surface area contributed by atoms with Crippen LogP contribution >= 0.6 is 15.9 Å². The molecule has 6 heteroatoms. The zero-order chi connectivity index (χ0) is 13.1. The molecule has 0 radical (unpaired) electrons. The summed E-state index contributed by atoms with van der Waals surface area (Å²) in [5.41, 5.74) is 0. The second kappa shape index (κ2) is 5.95. The molecule has 0 spiro atoms. The zero-order valence-electron chi connectivity index (χ0n) is 10.8. The molecule has 1 N–H and O–H groups in total. The predicted molar refractivity (Wildman–Crippen MR) is 74.7 cm³/mol. The van der Waals surface area contributed by atoms with Crippen molar-refractivity contribution < 1.29 is 5.11 Å². The van der Waals surface area contributed by atoms with E-state index in [0.29, 0.717) is 6.04 Å². The van der Waals surface area contributed by atoms with Crippen molar-refractivity contribution in [2.45, 2.75) is 26.0 Å². The number of aromatic nitrogens is 2. The van der Waals surface area contributed by atoms with E-state index in [0.717, 1.165) is 36.6 Å². The molecule has 2 heterocycles. The number of aliphatic hydroxyl groups excluding tert-OH is 1. The van der Waals surface area contributed by atoms with E-state index in [-0.39, 0.29) is 6.10 Å². The molecule has 1 aromatic heterocycles. The van der Waals surface area contributed by atoms with Crippen LogP contribution in [0.3, 0.4) is 0 Å². The van der Waals surface area contributed by atoms with Gasteiger partial charge in [0.05, 0.1) is 10.6 Å². The molecular weight excluding hydrogens is 296 g/mol. The summed E-state index contributed by atoms with van der Waals surface area (Å²) in [6.45, 7) is 7.50. The smallest absolute Gasteiger partial charge is 0.225 e. The minimum absolute atomic E-state index is 0.271. The fraction of sp³-hybridized carbons (Fsp3) is 0.667. The summed E-state index contributed by atoms with van der Waals surface area (Å²) in [7, 11) is 0. The van der Waals surface area contributed by atoms with Crippen molar-refractivity contribution in [3.8, 4) is 0 Å². The van der Waals surface area contributed by atoms with Crippen LogP contribution in [-0.2, 0) is 0 Å². The molecule has 100 valence electrons. The number of hydrogen-bond donors (Lipinski definition) is 1. The molecule has 0 aliphatic carbocycles. The summed E-state index contributed by atoms with van der Waals surface area (Å²) in [6, 6.07) is 0.360. The minimum atomic E-state index is -0.271. The lowest BCUT2D eigenvalue weighted by atomic mass is 10.2. The Hall–Kier alpha value is -0.720. The van der Waals surface area contributed by atoms with E-state index in [1.54, 1.807) is 12.4 Å². The van der Waals surface area contributed by atoms with Crippen LogP contribution in [0.2, 0.25) is 0 Å². The Morgan fingerprint density at radius 1 is 1.44 bits per heavy atom. The van der Waals surface area contributed by atoms with Crippen LogP contribution in [0.5, 0.6) is 0 Å². The molecule has 0 amide bonds. The van der Waals surface area contributed by atoms with Gasteiger partial charge in [-0.15, -0.1) is 0 Å². The van der Waals surface area contributed by atoms with Gasteiger partial charge in [0.25, 0.3) is 0 Å². The van der Waals surface area contributed by atoms with Crippen LogP contribution in [0.25, 0.3) is 0 Å². The number of nitrogens with zero attached hydrogens (tertiary/aromatic N) is 4. The van der Waals surface area contributed by atoms with Crippen LogP contribution in [0.1, 0.15) is 13.8 Å². The van der Waals surface area contributed by atoms with Crippen LogP contribution in [0.4, 0.5) is 5.95 Å². The Labute approximate surface area is 116 Å². The Morgan fingerprint density at radius 2 is 2.11 bits per heavy atom. The van der Waals surface area contributed by atoms with Gasteiger partial charge in [0.1, 0.15) is 0 Å². The molecule has 2 rings (SSSR count). The molecule has 0 aromatic carbocycles. The second-order valence-corrected chi connectivity index (χ2v) is 5.77. The predicted octanol–water partition coefficient (Wildman–Crippen LogP) is 1.13. The monoisotopic (exact) mass is 314 g/mol. The quantitative estimate of drug-likeness (QED) is 0.906. The molecule has 18 heavy (non-hydrogen) atoms. The molecule has 1 saturated heterocycles. The molecule has 0 saturated carbocycles. The van der Waals surface area contributed by atoms with Crippen molar-refractivity contribution in [1.82, 2.24) is 14.9 Å². The van der Waals surface area contributed by atoms with E-state index in [4.69, 9.17) is 0 Å². The first kappa shape index (κ1) is 13.7. The lowest BCUT2D eigenvalue weighted by molar-refractivity contribution is 0.114. The number of aliphatic hydroxyl groups is 1. The van der Waals surface area contributed by atoms with Gasteiger partial charge in [0.2, 0.25) is 5.95 Å². The van der Waals surface area contributed by atoms with Gasteiger partial charge in [-0.05, 0) is 29.8 Å². The van der Waals surface area contributed by atoms with Crippen molar-refractivity contribution in [1.29, 1.82) is 0 Å². The van der Waals surface area contributed by atoms with Crippen LogP contribution in [0.15, 0.2) is 16.9 Å². The normalized spacial score (nSPS) is 23.1. The van der Waals surface area contributed by atoms with Gasteiger partial charge in [-0.2, -0.15) is 0 Å². The number of piperazine rings is 1. The maximum atomic E-state index is 9.42. The highest BCUT2D eigenvalue weighted by atomic mass is 79.9. The van der Waals surface area contributed by atoms with Gasteiger partial charge < -0.3 is 10.0 Å². The molecular formula is C12H19BrN4O. The van der Waals surface area contributed by atoms with E-state index in [9.17, 15) is 5.11 Å². The van der Waals surface area contributed by atoms with Crippen LogP contribution in [0, 0.1) is 0 Å². The van der Waals surface area contributed by atoms with E-state index >= 15 is 0 Å². The van der Waals surface area contributed by atoms with Gasteiger partial charge >= 0.3 is 0 Å². The Morgan fingerprint density at radius 3 is 2.67 bits per heavy atom. The molecule has 1 aromatic rings. The maximum Gasteiger partial charge on any atom is 0.225 e. The lowest BCUT2D eigenvalue weighted by Crippen LogP contribution is -2.53. The number of rotatable bonds is 3. The SMILES string of the molecule is CC(O)CN1CCN(c2ncc(Br)cn2)C(C)C1. The topological polar surface area (TPSA) is 52.5 Å². The third kappa shape index (κ3) is 3.40. The summed E-state index contributed by atoms with van der Waals surface area (Å²) in [5, 5.41) is 9.42. The first-order valence-corrected chi connectivity index (χ1v) is 7.00. The summed E-state index contributed by atoms with van der Waals surface area (Å²) in [5.74, 6) is 0.780. The molecule has 1 aliphatic rings. The highest BCUT2D eigenvalue weighted by Crippen LogP contribution is 2.17. The van der Waals surface area contributed by atoms with E-state index in [1.807, 2.05) is 6.92 Å². The van der Waals surface area contributed by atoms with Gasteiger partial charge in [-0.3, -0.25) is 4.90 Å². The number of β-amino-alcohol motifs (C(OH)–C–C–N with tert-alkyl or cyclic N) is 1. The van der Waals surface area contributed by atoms with Crippen molar-refractivity contribution >= 4 is 21.9 Å². The van der Waals surface area contributed by atoms with Gasteiger partial charge in [-0.1, -0.05) is 0 Å². The first-order chi connectivity index (χ1) is 8.56. The number of halogens is 1. The van der Waals surface area contributed by atoms with E-state index in [1.165, 1.54) is 0 Å². The molecule has 2 atom stereocenters. The molecule has 1 aliphatic heterocycles. The fourth-order valence-electron chi connectivity index (χ4n) is 2.32. The average Bonchev–Trinajstić information content (AvgIpc) is 2.30. The minimum Gasteiger partial charge on any atom is -0.392 e. The number of hydrogen-bond acceptors (Lipinski definition) is 5. The second-order valence-electron chi connectivity index (χ2n) is 4.85. The van der Waals surface area contributed by atoms with E-state index in [2.05, 4.69) is 42.6 Å². The van der Waals surface area contributed by atoms with Gasteiger partial charge in [-0.25, -0.2) is 9.97 Å². The molecule has 0 bridgehead atoms. The summed E-state index contributed by atoms with van der Waals surface area (Å²) in [6.07, 6.45) is 3.28. The van der Waals surface area contributed by atoms with Crippen molar-refractivity contribution in [3.05, 3.63) is 16.9 Å². The highest BCUT2D eigenvalue weighted by molar-refractivity contribution is 9.10. The van der Waals surface area contributed by atoms with Crippen LogP contribution < -0.4 is 4.90 Å². The van der Waals surface area contributed by atoms with Crippen molar-refractivity contribution in [2.24, 2.45) is 0 Å². The first-order valence-electron chi connectivity index (χ1n) is 6.21. The molecule has 2 unspecified atom stereocenters. The fourth-order valence-corrected chi connectivity index (χ4v) is 2.53. The largest absolute Gasteiger partial charge is 0.392 e. The van der Waals surface area contributed by atoms with E-state index < -0.39 is 0 Å². The standard InChI is InChI=1S/C12H19BrN4O/c1-9-7-16(8-10(2)18)3-4-17(9)12-14-5-11(13)6-15-12/h5-6,9-10,18H,3-4,7-8H2,1-2H3. The Bertz CT molecular complexity index is 384. The maximum absolute atomic E-state index is 9.42. The molecule has 5 nitrogen and oxygen atoms in total. The summed E-state index contributed by atoms with van der Waals surface area (Å²) in [4.78, 5) is 13.2. The molecule has 1 fully saturated rings. The average molecular weight is 315 g/mol. The van der Waals surface area contributed by atoms with Crippen molar-refractivity contribution in [2.75, 3.05) is 31.1 Å². The Kier molecular flexibility index (Phi) is 4.53. The number of anilines is 1. The summed E-state index contributed by atoms with van der Waals surface area (Å²) >= 11 is 3.34. The zero-order valence-corrected chi connectivity index (χ0v) is 12.3. The van der Waals surface area contributed by atoms with Gasteiger partial charge in [0.15, 0.2) is 0 Å². The van der Waals surface area contributed by atoms with Gasteiger partial charge in [0, 0.05) is 44.6 Å². The highest BCUT2D eigenvalue weighted by Gasteiger charge is 2.25. The van der Waals surface area contributed by atoms with Crippen LogP contribution in [-0.4, -0.2) is 58.3 Å². The lowest BCUT2D eigenvalue weighted by Gasteiger charge is -2.40. The third-order valence-electron chi connectivity index (χ3n) is 3.10. The third-order valence-corrected chi connectivity index (χ3v) is 3.51. The van der Waals surface area contributed by atoms with Crippen molar-refractivity contribution in [3.63, 3.8) is 0 Å². The summed E-state index contributed by atoms with van der Waals surface area (Å²) < 4.78 is 0.895. The Balaban J connectivity index is 1.99.